The van der Waals surface area contributed by atoms with E-state index in [2.05, 4.69) is 104 Å². The van der Waals surface area contributed by atoms with E-state index in [1.165, 1.54) is 43.2 Å². The van der Waals surface area contributed by atoms with Crippen LogP contribution in [0.5, 0.6) is 0 Å². The van der Waals surface area contributed by atoms with Crippen molar-refractivity contribution < 1.29 is 0 Å². The summed E-state index contributed by atoms with van der Waals surface area (Å²) in [6.07, 6.45) is 6.83. The van der Waals surface area contributed by atoms with Crippen LogP contribution in [0.4, 0.5) is 0 Å². The van der Waals surface area contributed by atoms with Gasteiger partial charge in [-0.1, -0.05) is 123 Å². The molecule has 2 aliphatic carbocycles. The Morgan fingerprint density at radius 2 is 0.857 bits per heavy atom. The summed E-state index contributed by atoms with van der Waals surface area (Å²) in [5, 5.41) is 0. The van der Waals surface area contributed by atoms with E-state index >= 15 is 0 Å². The normalized spacial score (nSPS) is 16.9. The van der Waals surface area contributed by atoms with Crippen molar-refractivity contribution >= 4 is 0 Å². The molecule has 2 aliphatic rings. The fourth-order valence-corrected chi connectivity index (χ4v) is 4.11. The highest BCUT2D eigenvalue weighted by molar-refractivity contribution is 5.81. The Morgan fingerprint density at radius 3 is 1.21 bits per heavy atom. The van der Waals surface area contributed by atoms with E-state index in [-0.39, 0.29) is 0 Å². The Morgan fingerprint density at radius 1 is 0.536 bits per heavy atom. The van der Waals surface area contributed by atoms with Crippen LogP contribution in [-0.4, -0.2) is 0 Å². The van der Waals surface area contributed by atoms with Gasteiger partial charge in [-0.15, -0.1) is 0 Å². The van der Waals surface area contributed by atoms with Crippen LogP contribution < -0.4 is 0 Å². The lowest BCUT2D eigenvalue weighted by Crippen LogP contribution is -2.27. The molecular weight excluding hydrogens is 336 g/mol. The van der Waals surface area contributed by atoms with Gasteiger partial charge in [0.25, 0.3) is 0 Å². The summed E-state index contributed by atoms with van der Waals surface area (Å²) in [4.78, 5) is 0. The summed E-state index contributed by atoms with van der Waals surface area (Å²) < 4.78 is 0. The molecule has 1 saturated carbocycles. The first-order valence-electron chi connectivity index (χ1n) is 11.1. The maximum Gasteiger partial charge on any atom is 0.0215 e. The number of benzene rings is 2. The van der Waals surface area contributed by atoms with Crippen molar-refractivity contribution in [2.75, 3.05) is 0 Å². The minimum Gasteiger partial charge on any atom is -0.0619 e. The molecule has 4 rings (SSSR count). The number of fused-ring (bicyclic) bond motifs is 5. The maximum atomic E-state index is 2.36. The predicted molar refractivity (Wildman–Crippen MR) is 126 cm³/mol. The van der Waals surface area contributed by atoms with Gasteiger partial charge in [-0.3, -0.25) is 0 Å². The second-order valence-electron chi connectivity index (χ2n) is 11.7. The summed E-state index contributed by atoms with van der Waals surface area (Å²) in [7, 11) is 0. The average molecular weight is 379 g/mol. The zero-order valence-electron chi connectivity index (χ0n) is 19.7. The van der Waals surface area contributed by atoms with Crippen molar-refractivity contribution in [3.8, 4) is 11.1 Å². The molecule has 0 bridgehead atoms. The van der Waals surface area contributed by atoms with E-state index in [1.807, 2.05) is 0 Å². The van der Waals surface area contributed by atoms with Crippen LogP contribution >= 0.6 is 0 Å². The number of hydrogen-bond acceptors (Lipinski definition) is 0. The van der Waals surface area contributed by atoms with Gasteiger partial charge in [0, 0.05) is 5.41 Å². The Bertz CT molecular complexity index is 675. The molecule has 28 heavy (non-hydrogen) atoms. The van der Waals surface area contributed by atoms with Gasteiger partial charge in [-0.25, -0.2) is 0 Å². The molecule has 0 saturated heterocycles. The zero-order valence-corrected chi connectivity index (χ0v) is 19.7. The van der Waals surface area contributed by atoms with Crippen LogP contribution in [-0.2, 0) is 5.41 Å². The van der Waals surface area contributed by atoms with Crippen molar-refractivity contribution in [2.45, 2.75) is 92.9 Å². The summed E-state index contributed by atoms with van der Waals surface area (Å²) in [6, 6.07) is 18.1. The smallest absolute Gasteiger partial charge is 0.0215 e. The van der Waals surface area contributed by atoms with Crippen LogP contribution in [0.25, 0.3) is 11.1 Å². The van der Waals surface area contributed by atoms with Crippen molar-refractivity contribution in [1.29, 1.82) is 0 Å². The molecule has 0 amide bonds. The minimum atomic E-state index is 0.339. The first kappa shape index (κ1) is 22.7. The molecule has 0 heteroatoms. The van der Waals surface area contributed by atoms with Gasteiger partial charge in [0.1, 0.15) is 0 Å². The van der Waals surface area contributed by atoms with Gasteiger partial charge in [-0.2, -0.15) is 0 Å². The highest BCUT2D eigenvalue weighted by atomic mass is 14.5. The third-order valence-electron chi connectivity index (χ3n) is 4.88. The van der Waals surface area contributed by atoms with Crippen LogP contribution in [0.2, 0.25) is 0 Å². The van der Waals surface area contributed by atoms with Crippen molar-refractivity contribution in [3.63, 3.8) is 0 Å². The van der Waals surface area contributed by atoms with Gasteiger partial charge in [0.15, 0.2) is 0 Å². The van der Waals surface area contributed by atoms with E-state index in [4.69, 9.17) is 0 Å². The molecule has 0 N–H and O–H groups in total. The molecule has 2 aromatic rings. The average Bonchev–Trinajstić information content (AvgIpc) is 2.84. The zero-order chi connectivity index (χ0) is 21.0. The number of hydrogen-bond donors (Lipinski definition) is 0. The molecule has 0 radical (unpaired) electrons. The predicted octanol–water partition coefficient (Wildman–Crippen LogP) is 9.02. The molecule has 0 nitrogen and oxygen atoms in total. The van der Waals surface area contributed by atoms with Gasteiger partial charge in [0.2, 0.25) is 0 Å². The van der Waals surface area contributed by atoms with E-state index < -0.39 is 0 Å². The second kappa shape index (κ2) is 8.85. The highest BCUT2D eigenvalue weighted by Gasteiger charge is 2.42. The summed E-state index contributed by atoms with van der Waals surface area (Å²) in [5.41, 5.74) is 7.48. The molecule has 2 aromatic carbocycles. The quantitative estimate of drug-likeness (QED) is 0.429. The van der Waals surface area contributed by atoms with Gasteiger partial charge in [0.05, 0.1) is 0 Å². The largest absolute Gasteiger partial charge is 0.0619 e. The van der Waals surface area contributed by atoms with E-state index in [1.54, 1.807) is 11.1 Å². The lowest BCUT2D eigenvalue weighted by molar-refractivity contribution is 0.353. The van der Waals surface area contributed by atoms with Crippen molar-refractivity contribution in [2.24, 2.45) is 10.8 Å². The molecular formula is C28H42. The molecule has 0 aromatic heterocycles. The van der Waals surface area contributed by atoms with Crippen molar-refractivity contribution in [1.82, 2.24) is 0 Å². The first-order valence-corrected chi connectivity index (χ1v) is 11.1. The Labute approximate surface area is 174 Å². The summed E-state index contributed by atoms with van der Waals surface area (Å²) in [6.45, 7) is 17.5. The molecule has 0 unspecified atom stereocenters. The SMILES string of the molecule is CC(C)(C)C.CC(C)(C)C.c1ccc2c(c1)-c1ccccc1C21CCCCC1. The third-order valence-corrected chi connectivity index (χ3v) is 4.88. The minimum absolute atomic E-state index is 0.339. The maximum absolute atomic E-state index is 2.36. The fraction of sp³-hybridized carbons (Fsp3) is 0.571. The summed E-state index contributed by atoms with van der Waals surface area (Å²) in [5.74, 6) is 0. The fourth-order valence-electron chi connectivity index (χ4n) is 4.11. The lowest BCUT2D eigenvalue weighted by Gasteiger charge is -2.35. The van der Waals surface area contributed by atoms with E-state index in [9.17, 15) is 0 Å². The van der Waals surface area contributed by atoms with Gasteiger partial charge >= 0.3 is 0 Å². The second-order valence-corrected chi connectivity index (χ2v) is 11.7. The monoisotopic (exact) mass is 378 g/mol. The number of rotatable bonds is 0. The molecule has 0 atom stereocenters. The Balaban J connectivity index is 0.000000237. The molecule has 154 valence electrons. The van der Waals surface area contributed by atoms with Crippen LogP contribution in [0.3, 0.4) is 0 Å². The lowest BCUT2D eigenvalue weighted by atomic mass is 9.68. The molecule has 0 aliphatic heterocycles. The topological polar surface area (TPSA) is 0 Å². The first-order chi connectivity index (χ1) is 12.9. The highest BCUT2D eigenvalue weighted by Crippen LogP contribution is 2.55. The molecule has 1 fully saturated rings. The van der Waals surface area contributed by atoms with Crippen molar-refractivity contribution in [3.05, 3.63) is 59.7 Å². The van der Waals surface area contributed by atoms with Crippen LogP contribution in [0, 0.1) is 10.8 Å². The van der Waals surface area contributed by atoms with E-state index in [0.29, 0.717) is 16.2 Å². The van der Waals surface area contributed by atoms with Crippen LogP contribution in [0.15, 0.2) is 48.5 Å². The van der Waals surface area contributed by atoms with Crippen LogP contribution in [0.1, 0.15) is 98.6 Å². The standard InChI is InChI=1S/C18H18.2C5H12/c1-6-12-18(13-7-1)16-10-4-2-8-14(16)15-9-3-5-11-17(15)18;2*1-5(2,3)4/h2-5,8-11H,1,6-7,12-13H2;2*1-4H3. The Kier molecular flexibility index (Phi) is 7.18. The third kappa shape index (κ3) is 6.23. The molecule has 1 spiro atoms. The van der Waals surface area contributed by atoms with E-state index in [0.717, 1.165) is 0 Å². The Hall–Kier alpha value is -1.56. The molecule has 0 heterocycles. The van der Waals surface area contributed by atoms with Gasteiger partial charge < -0.3 is 0 Å². The van der Waals surface area contributed by atoms with Gasteiger partial charge in [-0.05, 0) is 45.9 Å². The summed E-state index contributed by atoms with van der Waals surface area (Å²) >= 11 is 0.